The van der Waals surface area contributed by atoms with Crippen molar-refractivity contribution < 1.29 is 4.79 Å². The van der Waals surface area contributed by atoms with Gasteiger partial charge in [0.2, 0.25) is 5.91 Å². The molecular weight excluding hydrogens is 260 g/mol. The van der Waals surface area contributed by atoms with Gasteiger partial charge < -0.3 is 10.6 Å². The number of carbonyl (C=O) groups excluding carboxylic acids is 1. The quantitative estimate of drug-likeness (QED) is 0.849. The first-order valence-corrected chi connectivity index (χ1v) is 7.56. The molecule has 1 atom stereocenters. The highest BCUT2D eigenvalue weighted by Gasteiger charge is 2.35. The van der Waals surface area contributed by atoms with Gasteiger partial charge in [-0.3, -0.25) is 4.79 Å². The summed E-state index contributed by atoms with van der Waals surface area (Å²) < 4.78 is 0. The molecule has 1 aliphatic heterocycles. The molecule has 1 heterocycles. The molecule has 1 aliphatic rings. The number of amides is 1. The van der Waals surface area contributed by atoms with E-state index in [2.05, 4.69) is 26.8 Å². The van der Waals surface area contributed by atoms with Crippen LogP contribution in [-0.2, 0) is 10.3 Å². The van der Waals surface area contributed by atoms with E-state index in [1.165, 1.54) is 5.57 Å². The summed E-state index contributed by atoms with van der Waals surface area (Å²) in [6, 6.07) is 9.60. The van der Waals surface area contributed by atoms with Gasteiger partial charge in [-0.1, -0.05) is 62.8 Å². The van der Waals surface area contributed by atoms with Crippen molar-refractivity contribution in [3.63, 3.8) is 0 Å². The van der Waals surface area contributed by atoms with Crippen LogP contribution < -0.4 is 5.73 Å². The molecule has 3 nitrogen and oxygen atoms in total. The van der Waals surface area contributed by atoms with Crippen LogP contribution in [-0.4, -0.2) is 23.9 Å². The second kappa shape index (κ2) is 5.64. The van der Waals surface area contributed by atoms with Gasteiger partial charge in [-0.25, -0.2) is 0 Å². The Bertz CT molecular complexity index is 538. The highest BCUT2D eigenvalue weighted by Crippen LogP contribution is 2.31. The summed E-state index contributed by atoms with van der Waals surface area (Å²) in [5.74, 6) is -0.00194. The van der Waals surface area contributed by atoms with Crippen molar-refractivity contribution in [2.24, 2.45) is 11.1 Å². The first kappa shape index (κ1) is 15.8. The Balaban J connectivity index is 2.14. The number of carbonyl (C=O) groups is 1. The summed E-state index contributed by atoms with van der Waals surface area (Å²) in [6.45, 7) is 9.86. The van der Waals surface area contributed by atoms with E-state index in [1.807, 2.05) is 35.2 Å². The van der Waals surface area contributed by atoms with Gasteiger partial charge in [-0.15, -0.1) is 0 Å². The van der Waals surface area contributed by atoms with Crippen molar-refractivity contribution in [2.45, 2.75) is 39.7 Å². The largest absolute Gasteiger partial charge is 0.337 e. The summed E-state index contributed by atoms with van der Waals surface area (Å²) in [7, 11) is 0. The third-order valence-corrected chi connectivity index (χ3v) is 4.28. The maximum atomic E-state index is 12.7. The fourth-order valence-electron chi connectivity index (χ4n) is 2.77. The minimum absolute atomic E-state index is 0.00194. The molecule has 114 valence electrons. The van der Waals surface area contributed by atoms with E-state index < -0.39 is 5.54 Å². The van der Waals surface area contributed by atoms with Crippen molar-refractivity contribution in [1.29, 1.82) is 0 Å². The Labute approximate surface area is 127 Å². The van der Waals surface area contributed by atoms with Crippen molar-refractivity contribution in [1.82, 2.24) is 4.90 Å². The number of nitrogens with zero attached hydrogens (tertiary/aromatic N) is 1. The summed E-state index contributed by atoms with van der Waals surface area (Å²) in [4.78, 5) is 14.6. The lowest BCUT2D eigenvalue weighted by molar-refractivity contribution is -0.136. The van der Waals surface area contributed by atoms with E-state index in [9.17, 15) is 4.79 Å². The molecule has 1 amide bonds. The van der Waals surface area contributed by atoms with Gasteiger partial charge in [0.15, 0.2) is 0 Å². The van der Waals surface area contributed by atoms with Gasteiger partial charge in [-0.05, 0) is 24.3 Å². The zero-order chi connectivity index (χ0) is 15.7. The van der Waals surface area contributed by atoms with Crippen LogP contribution in [0.2, 0.25) is 0 Å². The van der Waals surface area contributed by atoms with Crippen LogP contribution in [0.25, 0.3) is 0 Å². The molecule has 0 radical (unpaired) electrons. The topological polar surface area (TPSA) is 46.3 Å². The highest BCUT2D eigenvalue weighted by atomic mass is 16.2. The van der Waals surface area contributed by atoms with Crippen LogP contribution in [0.15, 0.2) is 42.0 Å². The molecule has 1 aromatic carbocycles. The Hall–Kier alpha value is -1.61. The molecule has 0 saturated heterocycles. The zero-order valence-electron chi connectivity index (χ0n) is 13.5. The van der Waals surface area contributed by atoms with Gasteiger partial charge >= 0.3 is 0 Å². The van der Waals surface area contributed by atoms with Crippen LogP contribution in [0.4, 0.5) is 0 Å². The minimum atomic E-state index is -0.964. The lowest BCUT2D eigenvalue weighted by Gasteiger charge is -2.36. The predicted octanol–water partition coefficient (Wildman–Crippen LogP) is 3.07. The molecular formula is C18H26N2O. The Morgan fingerprint density at radius 1 is 1.14 bits per heavy atom. The summed E-state index contributed by atoms with van der Waals surface area (Å²) in [6.07, 6.45) is 3.11. The second-order valence-electron chi connectivity index (χ2n) is 7.05. The van der Waals surface area contributed by atoms with E-state index in [-0.39, 0.29) is 11.3 Å². The van der Waals surface area contributed by atoms with Crippen molar-refractivity contribution in [3.05, 3.63) is 47.5 Å². The van der Waals surface area contributed by atoms with Gasteiger partial charge in [0.05, 0.1) is 0 Å². The maximum Gasteiger partial charge on any atom is 0.247 e. The van der Waals surface area contributed by atoms with Crippen molar-refractivity contribution in [3.8, 4) is 0 Å². The average Bonchev–Trinajstić information content (AvgIpc) is 2.46. The third kappa shape index (κ3) is 3.35. The van der Waals surface area contributed by atoms with E-state index in [4.69, 9.17) is 5.73 Å². The third-order valence-electron chi connectivity index (χ3n) is 4.28. The number of benzene rings is 1. The molecule has 0 aliphatic carbocycles. The molecule has 0 spiro atoms. The van der Waals surface area contributed by atoms with E-state index in [0.29, 0.717) is 6.54 Å². The normalized spacial score (nSPS) is 18.9. The Kier molecular flexibility index (Phi) is 4.24. The molecule has 0 saturated carbocycles. The molecule has 2 rings (SSSR count). The summed E-state index contributed by atoms with van der Waals surface area (Å²) >= 11 is 0. The van der Waals surface area contributed by atoms with Crippen LogP contribution >= 0.6 is 0 Å². The van der Waals surface area contributed by atoms with Crippen LogP contribution in [0.3, 0.4) is 0 Å². The maximum absolute atomic E-state index is 12.7. The van der Waals surface area contributed by atoms with E-state index in [1.54, 1.807) is 6.92 Å². The highest BCUT2D eigenvalue weighted by molar-refractivity contribution is 5.87. The van der Waals surface area contributed by atoms with Crippen molar-refractivity contribution in [2.75, 3.05) is 13.1 Å². The lowest BCUT2D eigenvalue weighted by atomic mass is 9.82. The molecule has 0 aromatic heterocycles. The number of nitrogens with two attached hydrogens (primary N) is 1. The van der Waals surface area contributed by atoms with Gasteiger partial charge in [0.25, 0.3) is 0 Å². The van der Waals surface area contributed by atoms with Crippen LogP contribution in [0, 0.1) is 5.41 Å². The first-order valence-electron chi connectivity index (χ1n) is 7.56. The molecule has 0 fully saturated rings. The summed E-state index contributed by atoms with van der Waals surface area (Å²) in [5.41, 5.74) is 7.82. The molecule has 1 aromatic rings. The van der Waals surface area contributed by atoms with E-state index >= 15 is 0 Å². The van der Waals surface area contributed by atoms with E-state index in [0.717, 1.165) is 18.5 Å². The lowest BCUT2D eigenvalue weighted by Crippen LogP contribution is -2.52. The molecule has 3 heteroatoms. The number of hydrogen-bond acceptors (Lipinski definition) is 2. The smallest absolute Gasteiger partial charge is 0.247 e. The van der Waals surface area contributed by atoms with Gasteiger partial charge in [-0.2, -0.15) is 0 Å². The average molecular weight is 286 g/mol. The minimum Gasteiger partial charge on any atom is -0.337 e. The standard InChI is InChI=1S/C18H26N2O/c1-17(2,3)14-10-12-20(13-11-14)16(21)18(4,19)15-8-6-5-7-9-15/h5-10H,11-13,19H2,1-4H3. The molecule has 1 unspecified atom stereocenters. The van der Waals surface area contributed by atoms with Gasteiger partial charge in [0.1, 0.15) is 5.54 Å². The summed E-state index contributed by atoms with van der Waals surface area (Å²) in [5, 5.41) is 0. The predicted molar refractivity (Wildman–Crippen MR) is 86.7 cm³/mol. The van der Waals surface area contributed by atoms with Crippen LogP contribution in [0.5, 0.6) is 0 Å². The van der Waals surface area contributed by atoms with Crippen LogP contribution in [0.1, 0.15) is 39.7 Å². The second-order valence-corrected chi connectivity index (χ2v) is 7.05. The van der Waals surface area contributed by atoms with Gasteiger partial charge in [0, 0.05) is 13.1 Å². The fraction of sp³-hybridized carbons (Fsp3) is 0.500. The number of hydrogen-bond donors (Lipinski definition) is 1. The molecule has 2 N–H and O–H groups in total. The molecule has 21 heavy (non-hydrogen) atoms. The SMILES string of the molecule is CC(C)(C)C1=CCN(C(=O)C(C)(N)c2ccccc2)CC1. The van der Waals surface area contributed by atoms with Crippen molar-refractivity contribution >= 4 is 5.91 Å². The monoisotopic (exact) mass is 286 g/mol. The first-order chi connectivity index (χ1) is 9.73. The fourth-order valence-corrected chi connectivity index (χ4v) is 2.77. The Morgan fingerprint density at radius 3 is 2.24 bits per heavy atom. The zero-order valence-corrected chi connectivity index (χ0v) is 13.5. The Morgan fingerprint density at radius 2 is 1.76 bits per heavy atom. The molecule has 0 bridgehead atoms. The number of rotatable bonds is 2.